The maximum absolute atomic E-state index is 13.4. The van der Waals surface area contributed by atoms with E-state index in [1.807, 2.05) is 0 Å². The Hall–Kier alpha value is -2.47. The molecule has 4 nitrogen and oxygen atoms in total. The summed E-state index contributed by atoms with van der Waals surface area (Å²) in [6, 6.07) is 9.17. The molecule has 0 fully saturated rings. The second-order valence-corrected chi connectivity index (χ2v) is 4.98. The number of carbonyl (C=O) groups excluding carboxylic acids is 2. The van der Waals surface area contributed by atoms with Gasteiger partial charge in [-0.3, -0.25) is 4.79 Å². The standard InChI is InChI=1S/C16H12ClF2NO3/c17-13-7-11(18)5-6-12(13)16(22)23-9-15(21)20-8-10-3-1-2-4-14(10)19/h1-7H,8-9H2,(H,20,21). The fraction of sp³-hybridized carbons (Fsp3) is 0.125. The third-order valence-electron chi connectivity index (χ3n) is 2.92. The summed E-state index contributed by atoms with van der Waals surface area (Å²) >= 11 is 5.72. The summed E-state index contributed by atoms with van der Waals surface area (Å²) in [7, 11) is 0. The Morgan fingerprint density at radius 2 is 1.87 bits per heavy atom. The van der Waals surface area contributed by atoms with Crippen LogP contribution in [0, 0.1) is 11.6 Å². The van der Waals surface area contributed by atoms with E-state index in [0.717, 1.165) is 18.2 Å². The number of rotatable bonds is 5. The minimum absolute atomic E-state index is 0.0274. The largest absolute Gasteiger partial charge is 0.452 e. The van der Waals surface area contributed by atoms with Gasteiger partial charge in [-0.2, -0.15) is 0 Å². The summed E-state index contributed by atoms with van der Waals surface area (Å²) in [6.45, 7) is -0.582. The van der Waals surface area contributed by atoms with Gasteiger partial charge in [0, 0.05) is 12.1 Å². The zero-order valence-corrected chi connectivity index (χ0v) is 12.6. The minimum atomic E-state index is -0.851. The summed E-state index contributed by atoms with van der Waals surface area (Å²) in [5, 5.41) is 2.31. The third-order valence-corrected chi connectivity index (χ3v) is 3.23. The summed E-state index contributed by atoms with van der Waals surface area (Å²) in [4.78, 5) is 23.3. The minimum Gasteiger partial charge on any atom is -0.452 e. The van der Waals surface area contributed by atoms with E-state index in [2.05, 4.69) is 5.32 Å². The van der Waals surface area contributed by atoms with Crippen LogP contribution in [0.15, 0.2) is 42.5 Å². The summed E-state index contributed by atoms with van der Waals surface area (Å²) < 4.78 is 31.0. The third kappa shape index (κ3) is 4.75. The number of carbonyl (C=O) groups is 2. The van der Waals surface area contributed by atoms with Gasteiger partial charge in [-0.05, 0) is 24.3 Å². The van der Waals surface area contributed by atoms with Crippen LogP contribution in [0.5, 0.6) is 0 Å². The van der Waals surface area contributed by atoms with Crippen molar-refractivity contribution in [2.75, 3.05) is 6.61 Å². The van der Waals surface area contributed by atoms with Crippen molar-refractivity contribution in [3.63, 3.8) is 0 Å². The molecule has 0 radical (unpaired) electrons. The predicted molar refractivity (Wildman–Crippen MR) is 79.9 cm³/mol. The van der Waals surface area contributed by atoms with E-state index in [1.54, 1.807) is 6.07 Å². The molecule has 0 aliphatic carbocycles. The first-order valence-electron chi connectivity index (χ1n) is 6.59. The Kier molecular flexibility index (Phi) is 5.65. The molecule has 23 heavy (non-hydrogen) atoms. The van der Waals surface area contributed by atoms with E-state index in [-0.39, 0.29) is 17.1 Å². The topological polar surface area (TPSA) is 55.4 Å². The molecule has 2 rings (SSSR count). The van der Waals surface area contributed by atoms with Gasteiger partial charge in [-0.1, -0.05) is 29.8 Å². The molecule has 120 valence electrons. The van der Waals surface area contributed by atoms with Crippen molar-refractivity contribution < 1.29 is 23.1 Å². The van der Waals surface area contributed by atoms with E-state index in [4.69, 9.17) is 16.3 Å². The number of hydrogen-bond acceptors (Lipinski definition) is 3. The van der Waals surface area contributed by atoms with Gasteiger partial charge in [-0.25, -0.2) is 13.6 Å². The predicted octanol–water partition coefficient (Wildman–Crippen LogP) is 3.09. The molecule has 0 unspecified atom stereocenters. The van der Waals surface area contributed by atoms with Crippen LogP contribution in [0.3, 0.4) is 0 Å². The van der Waals surface area contributed by atoms with Crippen LogP contribution in [0.1, 0.15) is 15.9 Å². The molecule has 1 N–H and O–H groups in total. The Morgan fingerprint density at radius 3 is 2.57 bits per heavy atom. The second kappa shape index (κ2) is 7.69. The lowest BCUT2D eigenvalue weighted by molar-refractivity contribution is -0.124. The van der Waals surface area contributed by atoms with Crippen LogP contribution in [0.4, 0.5) is 8.78 Å². The fourth-order valence-electron chi connectivity index (χ4n) is 1.75. The van der Waals surface area contributed by atoms with Gasteiger partial charge in [0.2, 0.25) is 0 Å². The Balaban J connectivity index is 1.84. The normalized spacial score (nSPS) is 10.2. The molecule has 0 bridgehead atoms. The van der Waals surface area contributed by atoms with Crippen LogP contribution >= 0.6 is 11.6 Å². The zero-order chi connectivity index (χ0) is 16.8. The zero-order valence-electron chi connectivity index (χ0n) is 11.8. The first-order valence-corrected chi connectivity index (χ1v) is 6.97. The van der Waals surface area contributed by atoms with Crippen molar-refractivity contribution in [2.24, 2.45) is 0 Å². The van der Waals surface area contributed by atoms with E-state index in [0.29, 0.717) is 5.56 Å². The summed E-state index contributed by atoms with van der Waals surface area (Å²) in [6.07, 6.45) is 0. The van der Waals surface area contributed by atoms with Gasteiger partial charge in [0.05, 0.1) is 10.6 Å². The lowest BCUT2D eigenvalue weighted by Crippen LogP contribution is -2.28. The van der Waals surface area contributed by atoms with E-state index < -0.39 is 30.1 Å². The first-order chi connectivity index (χ1) is 11.0. The molecule has 0 saturated heterocycles. The van der Waals surface area contributed by atoms with Crippen molar-refractivity contribution in [3.8, 4) is 0 Å². The average Bonchev–Trinajstić information content (AvgIpc) is 2.52. The van der Waals surface area contributed by atoms with E-state index >= 15 is 0 Å². The molecule has 0 spiro atoms. The van der Waals surface area contributed by atoms with Crippen molar-refractivity contribution in [1.82, 2.24) is 5.32 Å². The first kappa shape index (κ1) is 16.9. The lowest BCUT2D eigenvalue weighted by atomic mass is 10.2. The van der Waals surface area contributed by atoms with Crippen LogP contribution in [-0.2, 0) is 16.1 Å². The molecule has 0 heterocycles. The summed E-state index contributed by atoms with van der Waals surface area (Å²) in [5.41, 5.74) is 0.267. The van der Waals surface area contributed by atoms with Gasteiger partial charge in [0.25, 0.3) is 5.91 Å². The number of ether oxygens (including phenoxy) is 1. The Bertz CT molecular complexity index is 737. The van der Waals surface area contributed by atoms with Gasteiger partial charge in [-0.15, -0.1) is 0 Å². The number of halogens is 3. The number of nitrogens with one attached hydrogen (secondary N) is 1. The molecule has 2 aromatic rings. The molecular formula is C16H12ClF2NO3. The molecule has 2 aromatic carbocycles. The number of hydrogen-bond donors (Lipinski definition) is 1. The highest BCUT2D eigenvalue weighted by molar-refractivity contribution is 6.33. The van der Waals surface area contributed by atoms with Crippen molar-refractivity contribution in [1.29, 1.82) is 0 Å². The highest BCUT2D eigenvalue weighted by Gasteiger charge is 2.14. The summed E-state index contributed by atoms with van der Waals surface area (Å²) in [5.74, 6) is -2.48. The molecule has 0 aromatic heterocycles. The van der Waals surface area contributed by atoms with Gasteiger partial charge < -0.3 is 10.1 Å². The second-order valence-electron chi connectivity index (χ2n) is 4.57. The molecule has 0 saturated carbocycles. The Labute approximate surface area is 136 Å². The fourth-order valence-corrected chi connectivity index (χ4v) is 1.99. The highest BCUT2D eigenvalue weighted by Crippen LogP contribution is 2.18. The lowest BCUT2D eigenvalue weighted by Gasteiger charge is -2.08. The van der Waals surface area contributed by atoms with Crippen LogP contribution in [0.2, 0.25) is 5.02 Å². The van der Waals surface area contributed by atoms with Crippen molar-refractivity contribution in [3.05, 3.63) is 70.2 Å². The van der Waals surface area contributed by atoms with E-state index in [9.17, 15) is 18.4 Å². The quantitative estimate of drug-likeness (QED) is 0.852. The SMILES string of the molecule is O=C(COC(=O)c1ccc(F)cc1Cl)NCc1ccccc1F. The average molecular weight is 340 g/mol. The molecule has 0 aliphatic heterocycles. The molecule has 0 atom stereocenters. The monoisotopic (exact) mass is 339 g/mol. The van der Waals surface area contributed by atoms with Crippen molar-refractivity contribution in [2.45, 2.75) is 6.54 Å². The molecule has 7 heteroatoms. The maximum Gasteiger partial charge on any atom is 0.340 e. The highest BCUT2D eigenvalue weighted by atomic mass is 35.5. The molecule has 0 aliphatic rings. The van der Waals surface area contributed by atoms with Gasteiger partial charge in [0.1, 0.15) is 11.6 Å². The number of esters is 1. The molecular weight excluding hydrogens is 328 g/mol. The number of amides is 1. The van der Waals surface area contributed by atoms with Crippen LogP contribution < -0.4 is 5.32 Å². The van der Waals surface area contributed by atoms with Crippen LogP contribution in [0.25, 0.3) is 0 Å². The van der Waals surface area contributed by atoms with Gasteiger partial charge in [0.15, 0.2) is 6.61 Å². The van der Waals surface area contributed by atoms with Gasteiger partial charge >= 0.3 is 5.97 Å². The van der Waals surface area contributed by atoms with Crippen molar-refractivity contribution >= 4 is 23.5 Å². The molecule has 1 amide bonds. The van der Waals surface area contributed by atoms with E-state index in [1.165, 1.54) is 18.2 Å². The van der Waals surface area contributed by atoms with Crippen LogP contribution in [-0.4, -0.2) is 18.5 Å². The smallest absolute Gasteiger partial charge is 0.340 e. The number of benzene rings is 2. The maximum atomic E-state index is 13.4. The Morgan fingerprint density at radius 1 is 1.13 bits per heavy atom.